The molecule has 0 spiro atoms. The molecule has 7 heteroatoms. The maximum Gasteiger partial charge on any atom is 0.255 e. The van der Waals surface area contributed by atoms with Gasteiger partial charge in [-0.3, -0.25) is 9.78 Å². The first-order valence-corrected chi connectivity index (χ1v) is 10.2. The Hall–Kier alpha value is -4.00. The minimum atomic E-state index is -0.320. The Kier molecular flexibility index (Phi) is 6.26. The third-order valence-corrected chi connectivity index (χ3v) is 5.05. The third kappa shape index (κ3) is 4.83. The van der Waals surface area contributed by atoms with E-state index < -0.39 is 0 Å². The Bertz CT molecular complexity index is 1220. The average Bonchev–Trinajstić information content (AvgIpc) is 3.11. The molecule has 6 nitrogen and oxygen atoms in total. The summed E-state index contributed by atoms with van der Waals surface area (Å²) in [5.74, 6) is 0.173. The number of aromatic nitrogens is 3. The summed E-state index contributed by atoms with van der Waals surface area (Å²) in [7, 11) is 0. The molecule has 0 aliphatic carbocycles. The Morgan fingerprint density at radius 3 is 2.62 bits per heavy atom. The average molecular weight is 430 g/mol. The van der Waals surface area contributed by atoms with Crippen LogP contribution in [0.3, 0.4) is 0 Å². The molecule has 1 amide bonds. The van der Waals surface area contributed by atoms with Crippen molar-refractivity contribution in [2.45, 2.75) is 27.0 Å². The number of pyridine rings is 1. The molecule has 2 aromatic heterocycles. The van der Waals surface area contributed by atoms with E-state index in [1.165, 1.54) is 12.1 Å². The number of hydrogen-bond donors (Lipinski definition) is 1. The van der Waals surface area contributed by atoms with Gasteiger partial charge in [0, 0.05) is 12.7 Å². The van der Waals surface area contributed by atoms with Gasteiger partial charge in [-0.1, -0.05) is 18.2 Å². The van der Waals surface area contributed by atoms with E-state index in [-0.39, 0.29) is 11.7 Å². The Balaban J connectivity index is 1.42. The number of benzene rings is 2. The summed E-state index contributed by atoms with van der Waals surface area (Å²) < 4.78 is 20.7. The second-order valence-electron chi connectivity index (χ2n) is 7.37. The van der Waals surface area contributed by atoms with Crippen molar-refractivity contribution in [3.63, 3.8) is 0 Å². The van der Waals surface area contributed by atoms with Crippen molar-refractivity contribution in [1.82, 2.24) is 20.1 Å². The second-order valence-corrected chi connectivity index (χ2v) is 7.37. The predicted molar refractivity (Wildman–Crippen MR) is 119 cm³/mol. The molecule has 0 unspecified atom stereocenters. The van der Waals surface area contributed by atoms with Crippen molar-refractivity contribution in [1.29, 1.82) is 0 Å². The van der Waals surface area contributed by atoms with Gasteiger partial charge in [0.1, 0.15) is 18.2 Å². The number of amides is 1. The van der Waals surface area contributed by atoms with Gasteiger partial charge in [-0.25, -0.2) is 9.07 Å². The van der Waals surface area contributed by atoms with E-state index in [4.69, 9.17) is 4.74 Å². The lowest BCUT2D eigenvalue weighted by Crippen LogP contribution is -2.24. The highest BCUT2D eigenvalue weighted by Gasteiger charge is 2.19. The number of carbonyl (C=O) groups is 1. The van der Waals surface area contributed by atoms with Crippen molar-refractivity contribution in [2.24, 2.45) is 0 Å². The molecular formula is C25H23FN4O2. The lowest BCUT2D eigenvalue weighted by Gasteiger charge is -2.09. The fraction of sp³-hybridized carbons (Fsp3) is 0.160. The molecule has 0 aliphatic rings. The fourth-order valence-corrected chi connectivity index (χ4v) is 3.46. The van der Waals surface area contributed by atoms with Crippen LogP contribution in [0.1, 0.15) is 33.0 Å². The van der Waals surface area contributed by atoms with Crippen LogP contribution < -0.4 is 10.1 Å². The van der Waals surface area contributed by atoms with Crippen molar-refractivity contribution >= 4 is 5.91 Å². The Labute approximate surface area is 185 Å². The first kappa shape index (κ1) is 21.2. The van der Waals surface area contributed by atoms with Gasteiger partial charge in [0.2, 0.25) is 0 Å². The van der Waals surface area contributed by atoms with E-state index in [2.05, 4.69) is 15.4 Å². The van der Waals surface area contributed by atoms with Gasteiger partial charge in [-0.15, -0.1) is 0 Å². The lowest BCUT2D eigenvalue weighted by molar-refractivity contribution is 0.0949. The quantitative estimate of drug-likeness (QED) is 0.468. The smallest absolute Gasteiger partial charge is 0.255 e. The van der Waals surface area contributed by atoms with Crippen molar-refractivity contribution in [3.05, 3.63) is 107 Å². The zero-order chi connectivity index (χ0) is 22.5. The molecule has 4 aromatic rings. The zero-order valence-electron chi connectivity index (χ0n) is 17.9. The monoisotopic (exact) mass is 430 g/mol. The third-order valence-electron chi connectivity index (χ3n) is 5.05. The normalized spacial score (nSPS) is 10.7. The number of aryl methyl sites for hydroxylation is 1. The summed E-state index contributed by atoms with van der Waals surface area (Å²) in [5.41, 5.74) is 4.27. The summed E-state index contributed by atoms with van der Waals surface area (Å²) in [4.78, 5) is 17.1. The molecule has 0 atom stereocenters. The molecule has 0 bridgehead atoms. The van der Waals surface area contributed by atoms with Gasteiger partial charge >= 0.3 is 0 Å². The van der Waals surface area contributed by atoms with Crippen LogP contribution >= 0.6 is 0 Å². The molecule has 1 N–H and O–H groups in total. The van der Waals surface area contributed by atoms with E-state index in [1.807, 2.05) is 49.4 Å². The van der Waals surface area contributed by atoms with Crippen LogP contribution in [0.2, 0.25) is 0 Å². The van der Waals surface area contributed by atoms with Gasteiger partial charge in [0.15, 0.2) is 0 Å². The summed E-state index contributed by atoms with van der Waals surface area (Å²) in [6.45, 7) is 4.33. The van der Waals surface area contributed by atoms with Gasteiger partial charge in [-0.05, 0) is 67.9 Å². The number of ether oxygens (including phenoxy) is 1. The maximum atomic E-state index is 13.2. The first-order valence-electron chi connectivity index (χ1n) is 10.2. The molecule has 32 heavy (non-hydrogen) atoms. The lowest BCUT2D eigenvalue weighted by atomic mass is 10.1. The number of hydrogen-bond acceptors (Lipinski definition) is 4. The molecular weight excluding hydrogens is 407 g/mol. The molecule has 0 fully saturated rings. The van der Waals surface area contributed by atoms with E-state index >= 15 is 0 Å². The van der Waals surface area contributed by atoms with E-state index in [1.54, 1.807) is 29.9 Å². The molecule has 2 aromatic carbocycles. The van der Waals surface area contributed by atoms with Crippen molar-refractivity contribution in [2.75, 3.05) is 0 Å². The van der Waals surface area contributed by atoms with Crippen LogP contribution in [0.4, 0.5) is 4.39 Å². The Morgan fingerprint density at radius 2 is 1.88 bits per heavy atom. The molecule has 162 valence electrons. The largest absolute Gasteiger partial charge is 0.487 e. The molecule has 0 aliphatic heterocycles. The molecule has 0 saturated carbocycles. The summed E-state index contributed by atoms with van der Waals surface area (Å²) >= 11 is 0. The predicted octanol–water partition coefficient (Wildman–Crippen LogP) is 4.53. The highest BCUT2D eigenvalue weighted by Crippen LogP contribution is 2.19. The second kappa shape index (κ2) is 9.43. The van der Waals surface area contributed by atoms with E-state index in [9.17, 15) is 9.18 Å². The number of halogens is 1. The first-order chi connectivity index (χ1) is 15.5. The van der Waals surface area contributed by atoms with E-state index in [0.717, 1.165) is 11.3 Å². The van der Waals surface area contributed by atoms with E-state index in [0.29, 0.717) is 41.5 Å². The molecule has 2 heterocycles. The molecule has 0 saturated heterocycles. The van der Waals surface area contributed by atoms with Crippen LogP contribution in [0.25, 0.3) is 5.69 Å². The van der Waals surface area contributed by atoms with Crippen LogP contribution in [0.15, 0.2) is 72.9 Å². The minimum Gasteiger partial charge on any atom is -0.487 e. The summed E-state index contributed by atoms with van der Waals surface area (Å²) in [5, 5.41) is 7.41. The number of nitrogens with zero attached hydrogens (tertiary/aromatic N) is 3. The number of rotatable bonds is 7. The standard InChI is InChI=1S/C25H23FN4O2/c1-17-24(18(2)30(29-17)22-11-9-20(26)10-12-22)25(31)28-15-19-6-5-8-23(14-19)32-16-21-7-3-4-13-27-21/h3-14H,15-16H2,1-2H3,(H,28,31). The van der Waals surface area contributed by atoms with Crippen LogP contribution in [0.5, 0.6) is 5.75 Å². The zero-order valence-corrected chi connectivity index (χ0v) is 17.9. The van der Waals surface area contributed by atoms with Gasteiger partial charge in [-0.2, -0.15) is 5.10 Å². The maximum absolute atomic E-state index is 13.2. The van der Waals surface area contributed by atoms with Crippen molar-refractivity contribution < 1.29 is 13.9 Å². The van der Waals surface area contributed by atoms with Crippen LogP contribution in [-0.4, -0.2) is 20.7 Å². The van der Waals surface area contributed by atoms with Gasteiger partial charge < -0.3 is 10.1 Å². The Morgan fingerprint density at radius 1 is 1.06 bits per heavy atom. The highest BCUT2D eigenvalue weighted by molar-refractivity contribution is 5.96. The molecule has 0 radical (unpaired) electrons. The van der Waals surface area contributed by atoms with Crippen LogP contribution in [0, 0.1) is 19.7 Å². The summed E-state index contributed by atoms with van der Waals surface area (Å²) in [6.07, 6.45) is 1.73. The number of carbonyl (C=O) groups excluding carboxylic acids is 1. The van der Waals surface area contributed by atoms with Gasteiger partial charge in [0.05, 0.1) is 28.3 Å². The molecule has 4 rings (SSSR count). The van der Waals surface area contributed by atoms with Gasteiger partial charge in [0.25, 0.3) is 5.91 Å². The number of nitrogens with one attached hydrogen (secondary N) is 1. The van der Waals surface area contributed by atoms with Crippen LogP contribution in [-0.2, 0) is 13.2 Å². The fourth-order valence-electron chi connectivity index (χ4n) is 3.46. The minimum absolute atomic E-state index is 0.215. The van der Waals surface area contributed by atoms with Crippen molar-refractivity contribution in [3.8, 4) is 11.4 Å². The SMILES string of the molecule is Cc1nn(-c2ccc(F)cc2)c(C)c1C(=O)NCc1cccc(OCc2ccccn2)c1. The summed E-state index contributed by atoms with van der Waals surface area (Å²) in [6, 6.07) is 19.3. The topological polar surface area (TPSA) is 69.0 Å². The highest BCUT2D eigenvalue weighted by atomic mass is 19.1.